The maximum Gasteiger partial charge on any atom is 0.103 e. The van der Waals surface area contributed by atoms with E-state index in [1.807, 2.05) is 0 Å². The van der Waals surface area contributed by atoms with E-state index in [0.717, 1.165) is 6.42 Å². The summed E-state index contributed by atoms with van der Waals surface area (Å²) in [5, 5.41) is 21.9. The molecule has 0 bridgehead atoms. The molecule has 1 unspecified atom stereocenters. The molecule has 1 aromatic rings. The summed E-state index contributed by atoms with van der Waals surface area (Å²) in [4.78, 5) is 0. The average Bonchev–Trinajstić information content (AvgIpc) is 2.28. The lowest BCUT2D eigenvalue weighted by Crippen LogP contribution is -2.26. The summed E-state index contributed by atoms with van der Waals surface area (Å²) < 4.78 is 0. The van der Waals surface area contributed by atoms with Crippen molar-refractivity contribution in [1.82, 2.24) is 0 Å². The molecule has 17 heavy (non-hydrogen) atoms. The summed E-state index contributed by atoms with van der Waals surface area (Å²) in [5.74, 6) is 0.476. The number of nitrogens with one attached hydrogen (secondary N) is 1. The number of nitrogens with zero attached hydrogens (tertiary/aromatic N) is 1. The lowest BCUT2D eigenvalue weighted by Gasteiger charge is -2.20. The normalized spacial score (nSPS) is 12.2. The van der Waals surface area contributed by atoms with E-state index >= 15 is 0 Å². The van der Waals surface area contributed by atoms with Crippen molar-refractivity contribution in [2.75, 3.05) is 11.9 Å². The fourth-order valence-corrected chi connectivity index (χ4v) is 1.94. The van der Waals surface area contributed by atoms with Crippen LogP contribution < -0.4 is 5.32 Å². The van der Waals surface area contributed by atoms with Crippen LogP contribution in [0.3, 0.4) is 0 Å². The highest BCUT2D eigenvalue weighted by atomic mass is 35.5. The Bertz CT molecular complexity index is 412. The van der Waals surface area contributed by atoms with Crippen molar-refractivity contribution < 1.29 is 5.11 Å². The Labute approximate surface area is 107 Å². The number of aliphatic hydroxyl groups is 1. The Kier molecular flexibility index (Phi) is 5.27. The smallest absolute Gasteiger partial charge is 0.103 e. The van der Waals surface area contributed by atoms with Crippen LogP contribution in [0.15, 0.2) is 18.2 Å². The maximum atomic E-state index is 9.29. The topological polar surface area (TPSA) is 56.0 Å². The van der Waals surface area contributed by atoms with Gasteiger partial charge in [0, 0.05) is 6.04 Å². The number of halogens is 1. The largest absolute Gasteiger partial charge is 0.394 e. The summed E-state index contributed by atoms with van der Waals surface area (Å²) in [6.45, 7) is 4.22. The van der Waals surface area contributed by atoms with E-state index in [0.29, 0.717) is 22.2 Å². The minimum Gasteiger partial charge on any atom is -0.394 e. The van der Waals surface area contributed by atoms with Crippen LogP contribution in [0.4, 0.5) is 5.69 Å². The van der Waals surface area contributed by atoms with Crippen molar-refractivity contribution in [3.8, 4) is 6.07 Å². The molecule has 0 aliphatic carbocycles. The average molecular weight is 253 g/mol. The van der Waals surface area contributed by atoms with Crippen LogP contribution in [0.5, 0.6) is 0 Å². The third-order valence-electron chi connectivity index (χ3n) is 2.46. The van der Waals surface area contributed by atoms with Gasteiger partial charge < -0.3 is 10.4 Å². The Morgan fingerprint density at radius 1 is 1.47 bits per heavy atom. The molecule has 0 heterocycles. The van der Waals surface area contributed by atoms with Gasteiger partial charge in [0.1, 0.15) is 6.07 Å². The molecule has 4 heteroatoms. The van der Waals surface area contributed by atoms with Crippen LogP contribution in [0.2, 0.25) is 5.02 Å². The molecule has 0 radical (unpaired) electrons. The minimum atomic E-state index is -0.0550. The van der Waals surface area contributed by atoms with Crippen molar-refractivity contribution >= 4 is 17.3 Å². The van der Waals surface area contributed by atoms with Gasteiger partial charge in [0.2, 0.25) is 0 Å². The first-order valence-corrected chi connectivity index (χ1v) is 6.02. The Morgan fingerprint density at radius 3 is 2.71 bits per heavy atom. The third kappa shape index (κ3) is 3.92. The zero-order chi connectivity index (χ0) is 12.8. The van der Waals surface area contributed by atoms with Gasteiger partial charge in [-0.05, 0) is 24.5 Å². The first-order chi connectivity index (χ1) is 8.08. The number of hydrogen-bond donors (Lipinski definition) is 2. The predicted octanol–water partition coefficient (Wildman–Crippen LogP) is 3.03. The van der Waals surface area contributed by atoms with Crippen LogP contribution in [-0.4, -0.2) is 17.8 Å². The quantitative estimate of drug-likeness (QED) is 0.847. The van der Waals surface area contributed by atoms with Gasteiger partial charge in [-0.3, -0.25) is 0 Å². The predicted molar refractivity (Wildman–Crippen MR) is 70.1 cm³/mol. The highest BCUT2D eigenvalue weighted by molar-refractivity contribution is 6.32. The lowest BCUT2D eigenvalue weighted by molar-refractivity contribution is 0.259. The SMILES string of the molecule is CC(C)CC(CO)Nc1cccc(Cl)c1C#N. The van der Waals surface area contributed by atoms with Crippen molar-refractivity contribution in [2.24, 2.45) is 5.92 Å². The summed E-state index contributed by atoms with van der Waals surface area (Å²) in [7, 11) is 0. The van der Waals surface area contributed by atoms with E-state index in [1.54, 1.807) is 18.2 Å². The molecular formula is C13H17ClN2O. The van der Waals surface area contributed by atoms with E-state index in [4.69, 9.17) is 16.9 Å². The van der Waals surface area contributed by atoms with Gasteiger partial charge in [-0.1, -0.05) is 31.5 Å². The number of hydrogen-bond acceptors (Lipinski definition) is 3. The molecule has 0 spiro atoms. The minimum absolute atomic E-state index is 0.0373. The molecule has 0 saturated carbocycles. The van der Waals surface area contributed by atoms with E-state index in [1.165, 1.54) is 0 Å². The second kappa shape index (κ2) is 6.48. The molecule has 0 saturated heterocycles. The number of nitriles is 1. The van der Waals surface area contributed by atoms with Gasteiger partial charge in [-0.15, -0.1) is 0 Å². The van der Waals surface area contributed by atoms with Gasteiger partial charge in [-0.2, -0.15) is 5.26 Å². The van der Waals surface area contributed by atoms with Crippen molar-refractivity contribution in [1.29, 1.82) is 5.26 Å². The summed E-state index contributed by atoms with van der Waals surface area (Å²) in [6.07, 6.45) is 0.841. The molecule has 0 aliphatic rings. The highest BCUT2D eigenvalue weighted by Gasteiger charge is 2.13. The first kappa shape index (κ1) is 13.8. The van der Waals surface area contributed by atoms with Crippen LogP contribution >= 0.6 is 11.6 Å². The Morgan fingerprint density at radius 2 is 2.18 bits per heavy atom. The first-order valence-electron chi connectivity index (χ1n) is 5.64. The second-order valence-electron chi connectivity index (χ2n) is 4.43. The molecule has 2 N–H and O–H groups in total. The Balaban J connectivity index is 2.87. The molecule has 0 aliphatic heterocycles. The molecule has 1 rings (SSSR count). The molecule has 0 amide bonds. The van der Waals surface area contributed by atoms with Gasteiger partial charge in [0.25, 0.3) is 0 Å². The summed E-state index contributed by atoms with van der Waals surface area (Å²) in [5.41, 5.74) is 1.11. The van der Waals surface area contributed by atoms with Crippen molar-refractivity contribution in [3.63, 3.8) is 0 Å². The maximum absolute atomic E-state index is 9.29. The van der Waals surface area contributed by atoms with E-state index in [9.17, 15) is 5.11 Å². The Hall–Kier alpha value is -1.24. The van der Waals surface area contributed by atoms with Gasteiger partial charge in [0.05, 0.1) is 22.9 Å². The lowest BCUT2D eigenvalue weighted by atomic mass is 10.0. The standard InChI is InChI=1S/C13H17ClN2O/c1-9(2)6-10(8-17)16-13-5-3-4-12(14)11(13)7-15/h3-5,9-10,16-17H,6,8H2,1-2H3. The van der Waals surface area contributed by atoms with E-state index in [2.05, 4.69) is 25.2 Å². The number of anilines is 1. The van der Waals surface area contributed by atoms with Crippen LogP contribution in [0.1, 0.15) is 25.8 Å². The van der Waals surface area contributed by atoms with Crippen molar-refractivity contribution in [3.05, 3.63) is 28.8 Å². The molecule has 1 atom stereocenters. The molecule has 92 valence electrons. The summed E-state index contributed by atoms with van der Waals surface area (Å²) in [6, 6.07) is 7.28. The summed E-state index contributed by atoms with van der Waals surface area (Å²) >= 11 is 5.94. The molecule has 0 fully saturated rings. The number of aliphatic hydroxyl groups excluding tert-OH is 1. The number of rotatable bonds is 5. The van der Waals surface area contributed by atoms with E-state index < -0.39 is 0 Å². The molecule has 1 aromatic carbocycles. The zero-order valence-electron chi connectivity index (χ0n) is 10.1. The highest BCUT2D eigenvalue weighted by Crippen LogP contribution is 2.24. The number of benzene rings is 1. The monoisotopic (exact) mass is 252 g/mol. The van der Waals surface area contributed by atoms with Crippen LogP contribution in [-0.2, 0) is 0 Å². The van der Waals surface area contributed by atoms with Gasteiger partial charge in [-0.25, -0.2) is 0 Å². The zero-order valence-corrected chi connectivity index (χ0v) is 10.8. The van der Waals surface area contributed by atoms with Gasteiger partial charge >= 0.3 is 0 Å². The molecular weight excluding hydrogens is 236 g/mol. The third-order valence-corrected chi connectivity index (χ3v) is 2.78. The van der Waals surface area contributed by atoms with E-state index in [-0.39, 0.29) is 12.6 Å². The van der Waals surface area contributed by atoms with Gasteiger partial charge in [0.15, 0.2) is 0 Å². The van der Waals surface area contributed by atoms with Crippen LogP contribution in [0, 0.1) is 17.2 Å². The second-order valence-corrected chi connectivity index (χ2v) is 4.83. The fraction of sp³-hybridized carbons (Fsp3) is 0.462. The molecule has 3 nitrogen and oxygen atoms in total. The van der Waals surface area contributed by atoms with Crippen LogP contribution in [0.25, 0.3) is 0 Å². The van der Waals surface area contributed by atoms with Crippen molar-refractivity contribution in [2.45, 2.75) is 26.3 Å². The molecule has 0 aromatic heterocycles. The fourth-order valence-electron chi connectivity index (χ4n) is 1.73.